The van der Waals surface area contributed by atoms with Crippen molar-refractivity contribution in [2.75, 3.05) is 18.4 Å². The normalized spacial score (nSPS) is 20.4. The van der Waals surface area contributed by atoms with E-state index in [2.05, 4.69) is 10.1 Å². The number of alkyl halides is 5. The van der Waals surface area contributed by atoms with E-state index in [-0.39, 0.29) is 24.4 Å². The number of nitrogens with zero attached hydrogens (tertiary/aromatic N) is 1. The van der Waals surface area contributed by atoms with E-state index >= 15 is 0 Å². The number of para-hydroxylation sites is 2. The molecule has 1 N–H and O–H groups in total. The molecule has 9 heteroatoms. The summed E-state index contributed by atoms with van der Waals surface area (Å²) in [6, 6.07) is 4.82. The fourth-order valence-electron chi connectivity index (χ4n) is 2.80. The molecule has 2 atom stereocenters. The molecule has 1 aliphatic rings. The highest BCUT2D eigenvalue weighted by Gasteiger charge is 2.43. The van der Waals surface area contributed by atoms with E-state index in [9.17, 15) is 26.7 Å². The van der Waals surface area contributed by atoms with Gasteiger partial charge in [0.25, 0.3) is 0 Å². The molecular weight excluding hydrogens is 347 g/mol. The Morgan fingerprint density at radius 2 is 2.00 bits per heavy atom. The molecule has 2 unspecified atom stereocenters. The molecule has 0 bridgehead atoms. The Morgan fingerprint density at radius 3 is 2.64 bits per heavy atom. The van der Waals surface area contributed by atoms with E-state index in [1.165, 1.54) is 36.1 Å². The van der Waals surface area contributed by atoms with Gasteiger partial charge in [0, 0.05) is 6.54 Å². The number of carbonyl (C=O) groups is 1. The Bertz CT molecular complexity index is 594. The zero-order chi connectivity index (χ0) is 18.6. The molecule has 1 aromatic carbocycles. The van der Waals surface area contributed by atoms with Gasteiger partial charge in [-0.15, -0.1) is 0 Å². The average Bonchev–Trinajstić information content (AvgIpc) is 2.55. The highest BCUT2D eigenvalue weighted by atomic mass is 19.4. The number of anilines is 1. The maximum atomic E-state index is 12.9. The number of carbonyl (C=O) groups excluding carboxylic acids is 1. The second kappa shape index (κ2) is 7.99. The van der Waals surface area contributed by atoms with Gasteiger partial charge in [0.2, 0.25) is 5.91 Å². The largest absolute Gasteiger partial charge is 0.433 e. The van der Waals surface area contributed by atoms with Gasteiger partial charge in [0.05, 0.1) is 17.6 Å². The van der Waals surface area contributed by atoms with Crippen molar-refractivity contribution in [1.82, 2.24) is 4.90 Å². The summed E-state index contributed by atoms with van der Waals surface area (Å²) in [7, 11) is 0. The highest BCUT2D eigenvalue weighted by Crippen LogP contribution is 2.34. The first kappa shape index (κ1) is 19.4. The standard InChI is InChI=1S/C16H19F5N2O2/c1-10(23-8-4-5-11(9-23)16(19,20)21)14(24)22-12-6-2-3-7-13(12)25-15(17)18/h2-3,6-7,10-11,15H,4-5,8-9H2,1H3,(H,22,24). The number of hydrogen-bond acceptors (Lipinski definition) is 3. The summed E-state index contributed by atoms with van der Waals surface area (Å²) in [5.41, 5.74) is 0.0454. The van der Waals surface area contributed by atoms with Crippen molar-refractivity contribution in [2.24, 2.45) is 5.92 Å². The first-order chi connectivity index (χ1) is 11.7. The molecule has 0 saturated carbocycles. The molecule has 1 amide bonds. The summed E-state index contributed by atoms with van der Waals surface area (Å²) in [5, 5.41) is 2.45. The quantitative estimate of drug-likeness (QED) is 0.804. The lowest BCUT2D eigenvalue weighted by Crippen LogP contribution is -2.49. The van der Waals surface area contributed by atoms with Crippen LogP contribution in [-0.4, -0.2) is 42.7 Å². The number of amides is 1. The number of hydrogen-bond donors (Lipinski definition) is 1. The smallest absolute Gasteiger partial charge is 0.393 e. The Hall–Kier alpha value is -1.90. The van der Waals surface area contributed by atoms with Crippen molar-refractivity contribution >= 4 is 11.6 Å². The fraction of sp³-hybridized carbons (Fsp3) is 0.562. The van der Waals surface area contributed by atoms with Crippen molar-refractivity contribution < 1.29 is 31.5 Å². The van der Waals surface area contributed by atoms with Crippen molar-refractivity contribution in [3.63, 3.8) is 0 Å². The lowest BCUT2D eigenvalue weighted by Gasteiger charge is -2.36. The van der Waals surface area contributed by atoms with Gasteiger partial charge in [-0.05, 0) is 38.4 Å². The van der Waals surface area contributed by atoms with Gasteiger partial charge < -0.3 is 10.1 Å². The van der Waals surface area contributed by atoms with Crippen LogP contribution in [-0.2, 0) is 4.79 Å². The minimum absolute atomic E-state index is 0.0411. The van der Waals surface area contributed by atoms with Crippen LogP contribution < -0.4 is 10.1 Å². The predicted octanol–water partition coefficient (Wildman–Crippen LogP) is 3.89. The first-order valence-corrected chi connectivity index (χ1v) is 7.84. The molecule has 1 heterocycles. The van der Waals surface area contributed by atoms with Crippen molar-refractivity contribution in [2.45, 2.75) is 38.6 Å². The Labute approximate surface area is 141 Å². The molecule has 1 fully saturated rings. The van der Waals surface area contributed by atoms with Crippen molar-refractivity contribution in [3.05, 3.63) is 24.3 Å². The summed E-state index contributed by atoms with van der Waals surface area (Å²) in [5.74, 6) is -2.25. The molecule has 2 rings (SSSR count). The van der Waals surface area contributed by atoms with Crippen LogP contribution >= 0.6 is 0 Å². The van der Waals surface area contributed by atoms with Gasteiger partial charge in [-0.1, -0.05) is 12.1 Å². The molecule has 1 aliphatic heterocycles. The highest BCUT2D eigenvalue weighted by molar-refractivity contribution is 5.95. The van der Waals surface area contributed by atoms with Crippen LogP contribution in [0.1, 0.15) is 19.8 Å². The number of likely N-dealkylation sites (tertiary alicyclic amines) is 1. The summed E-state index contributed by atoms with van der Waals surface area (Å²) in [6.45, 7) is -1.45. The third-order valence-corrected chi connectivity index (χ3v) is 4.20. The van der Waals surface area contributed by atoms with Crippen LogP contribution in [0.4, 0.5) is 27.6 Å². The minimum Gasteiger partial charge on any atom is -0.433 e. The molecule has 0 aromatic heterocycles. The predicted molar refractivity (Wildman–Crippen MR) is 81.5 cm³/mol. The molecule has 1 saturated heterocycles. The topological polar surface area (TPSA) is 41.6 Å². The van der Waals surface area contributed by atoms with Crippen molar-refractivity contribution in [1.29, 1.82) is 0 Å². The zero-order valence-electron chi connectivity index (χ0n) is 13.5. The molecule has 140 valence electrons. The van der Waals surface area contributed by atoms with E-state index in [1.807, 2.05) is 0 Å². The average molecular weight is 366 g/mol. The van der Waals surface area contributed by atoms with Gasteiger partial charge in [-0.25, -0.2) is 0 Å². The summed E-state index contributed by atoms with van der Waals surface area (Å²) < 4.78 is 67.8. The Kier molecular flexibility index (Phi) is 6.21. The van der Waals surface area contributed by atoms with E-state index in [0.717, 1.165) is 0 Å². The lowest BCUT2D eigenvalue weighted by atomic mass is 9.96. The molecular formula is C16H19F5N2O2. The third kappa shape index (κ3) is 5.29. The minimum atomic E-state index is -4.30. The Morgan fingerprint density at radius 1 is 1.32 bits per heavy atom. The van der Waals surface area contributed by atoms with E-state index in [4.69, 9.17) is 0 Å². The zero-order valence-corrected chi connectivity index (χ0v) is 13.5. The number of nitrogens with one attached hydrogen (secondary N) is 1. The number of halogens is 5. The number of benzene rings is 1. The molecule has 4 nitrogen and oxygen atoms in total. The van der Waals surface area contributed by atoms with Gasteiger partial charge in [0.1, 0.15) is 5.75 Å². The second-order valence-electron chi connectivity index (χ2n) is 5.92. The van der Waals surface area contributed by atoms with Gasteiger partial charge in [0.15, 0.2) is 0 Å². The second-order valence-corrected chi connectivity index (χ2v) is 5.92. The Balaban J connectivity index is 2.03. The lowest BCUT2D eigenvalue weighted by molar-refractivity contribution is -0.188. The van der Waals surface area contributed by atoms with Crippen LogP contribution in [0.5, 0.6) is 5.75 Å². The van der Waals surface area contributed by atoms with Crippen LogP contribution in [0.2, 0.25) is 0 Å². The van der Waals surface area contributed by atoms with E-state index in [0.29, 0.717) is 13.0 Å². The van der Waals surface area contributed by atoms with E-state index in [1.54, 1.807) is 0 Å². The van der Waals surface area contributed by atoms with E-state index < -0.39 is 30.7 Å². The molecule has 0 radical (unpaired) electrons. The van der Waals surface area contributed by atoms with Crippen LogP contribution in [0.3, 0.4) is 0 Å². The number of piperidine rings is 1. The summed E-state index contributed by atoms with van der Waals surface area (Å²) >= 11 is 0. The SMILES string of the molecule is CC(C(=O)Nc1ccccc1OC(F)F)N1CCCC(C(F)(F)F)C1. The third-order valence-electron chi connectivity index (χ3n) is 4.20. The van der Waals surface area contributed by atoms with Gasteiger partial charge >= 0.3 is 12.8 Å². The summed E-state index contributed by atoms with van der Waals surface area (Å²) in [4.78, 5) is 13.8. The van der Waals surface area contributed by atoms with Crippen molar-refractivity contribution in [3.8, 4) is 5.75 Å². The van der Waals surface area contributed by atoms with Gasteiger partial charge in [-0.3, -0.25) is 9.69 Å². The summed E-state index contributed by atoms with van der Waals surface area (Å²) in [6.07, 6.45) is -3.92. The van der Waals surface area contributed by atoms with Gasteiger partial charge in [-0.2, -0.15) is 22.0 Å². The molecule has 0 spiro atoms. The maximum absolute atomic E-state index is 12.9. The molecule has 0 aliphatic carbocycles. The number of ether oxygens (including phenoxy) is 1. The number of rotatable bonds is 5. The molecule has 25 heavy (non-hydrogen) atoms. The monoisotopic (exact) mass is 366 g/mol. The van der Waals surface area contributed by atoms with Crippen LogP contribution in [0.15, 0.2) is 24.3 Å². The van der Waals surface area contributed by atoms with Crippen LogP contribution in [0, 0.1) is 5.92 Å². The van der Waals surface area contributed by atoms with Crippen LogP contribution in [0.25, 0.3) is 0 Å². The fourth-order valence-corrected chi connectivity index (χ4v) is 2.80. The molecule has 1 aromatic rings. The first-order valence-electron chi connectivity index (χ1n) is 7.84. The maximum Gasteiger partial charge on any atom is 0.393 e.